The van der Waals surface area contributed by atoms with Crippen molar-refractivity contribution in [2.24, 2.45) is 0 Å². The molecule has 3 aromatic rings. The lowest BCUT2D eigenvalue weighted by molar-refractivity contribution is -0.122. The Morgan fingerprint density at radius 1 is 0.935 bits per heavy atom. The van der Waals surface area contributed by atoms with Crippen LogP contribution in [0.4, 0.5) is 4.79 Å². The van der Waals surface area contributed by atoms with Gasteiger partial charge in [-0.2, -0.15) is 0 Å². The van der Waals surface area contributed by atoms with Crippen LogP contribution in [-0.4, -0.2) is 33.2 Å². The Hall–Kier alpha value is -4.13. The number of carbonyl (C=O) groups is 2. The van der Waals surface area contributed by atoms with Crippen LogP contribution in [0.2, 0.25) is 0 Å². The number of hydrogen-bond donors (Lipinski definition) is 2. The van der Waals surface area contributed by atoms with Gasteiger partial charge in [0.2, 0.25) is 0 Å². The van der Waals surface area contributed by atoms with Crippen molar-refractivity contribution in [1.82, 2.24) is 20.0 Å². The highest BCUT2D eigenvalue weighted by atomic mass is 16.2. The Bertz CT molecular complexity index is 1210. The molecular formula is C24H22N4O3. The second kappa shape index (κ2) is 8.71. The Balaban J connectivity index is 1.77. The number of benzene rings is 2. The highest BCUT2D eigenvalue weighted by molar-refractivity contribution is 6.14. The standard InChI is InChI=1S/C24H22N4O3/c1-2-3-14-27-23(30)20(25-24(27)31)15-19-21(18-12-8-5-9-13-18)26-28(22(19)29)16-17-10-6-4-7-11-17/h2,4-13,15,26H,1,3,14,16H2,(H,25,31)/b20-15-. The van der Waals surface area contributed by atoms with E-state index >= 15 is 0 Å². The third-order valence-electron chi connectivity index (χ3n) is 5.05. The molecule has 156 valence electrons. The lowest BCUT2D eigenvalue weighted by Gasteiger charge is -2.09. The molecule has 0 unspecified atom stereocenters. The number of aromatic amines is 1. The van der Waals surface area contributed by atoms with E-state index in [0.29, 0.717) is 24.2 Å². The van der Waals surface area contributed by atoms with Gasteiger partial charge in [0.1, 0.15) is 5.70 Å². The molecule has 7 heteroatoms. The third kappa shape index (κ3) is 4.11. The first kappa shape index (κ1) is 20.2. The van der Waals surface area contributed by atoms with Crippen LogP contribution in [0.1, 0.15) is 17.5 Å². The number of nitrogens with one attached hydrogen (secondary N) is 2. The Morgan fingerprint density at radius 3 is 2.29 bits per heavy atom. The van der Waals surface area contributed by atoms with Crippen molar-refractivity contribution in [3.05, 3.63) is 100 Å². The van der Waals surface area contributed by atoms with Crippen LogP contribution >= 0.6 is 0 Å². The first-order chi connectivity index (χ1) is 15.1. The van der Waals surface area contributed by atoms with Crippen LogP contribution in [0.15, 0.2) is 83.8 Å². The second-order valence-corrected chi connectivity index (χ2v) is 7.17. The van der Waals surface area contributed by atoms with Crippen LogP contribution in [0.3, 0.4) is 0 Å². The Morgan fingerprint density at radius 2 is 1.61 bits per heavy atom. The summed E-state index contributed by atoms with van der Waals surface area (Å²) in [5.74, 6) is -0.457. The summed E-state index contributed by atoms with van der Waals surface area (Å²) >= 11 is 0. The third-order valence-corrected chi connectivity index (χ3v) is 5.05. The normalized spacial score (nSPS) is 14.8. The van der Waals surface area contributed by atoms with E-state index < -0.39 is 11.9 Å². The number of rotatable bonds is 7. The van der Waals surface area contributed by atoms with Gasteiger partial charge >= 0.3 is 6.03 Å². The van der Waals surface area contributed by atoms with Gasteiger partial charge in [-0.15, -0.1) is 6.58 Å². The summed E-state index contributed by atoms with van der Waals surface area (Å²) in [5, 5.41) is 5.75. The maximum Gasteiger partial charge on any atom is 0.329 e. The summed E-state index contributed by atoms with van der Waals surface area (Å²) in [5.41, 5.74) is 2.47. The van der Waals surface area contributed by atoms with Crippen molar-refractivity contribution in [2.75, 3.05) is 6.54 Å². The minimum Gasteiger partial charge on any atom is -0.303 e. The van der Waals surface area contributed by atoms with Crippen molar-refractivity contribution < 1.29 is 9.59 Å². The molecule has 31 heavy (non-hydrogen) atoms. The first-order valence-corrected chi connectivity index (χ1v) is 9.96. The molecule has 2 heterocycles. The van der Waals surface area contributed by atoms with Crippen molar-refractivity contribution in [3.63, 3.8) is 0 Å². The molecule has 1 aromatic heterocycles. The largest absolute Gasteiger partial charge is 0.329 e. The molecule has 7 nitrogen and oxygen atoms in total. The van der Waals surface area contributed by atoms with Gasteiger partial charge in [0.05, 0.1) is 17.8 Å². The summed E-state index contributed by atoms with van der Waals surface area (Å²) in [6.07, 6.45) is 3.59. The first-order valence-electron chi connectivity index (χ1n) is 9.96. The van der Waals surface area contributed by atoms with E-state index in [9.17, 15) is 14.4 Å². The maximum absolute atomic E-state index is 13.2. The summed E-state index contributed by atoms with van der Waals surface area (Å²) in [4.78, 5) is 39.3. The molecule has 4 rings (SSSR count). The van der Waals surface area contributed by atoms with Crippen LogP contribution in [0.5, 0.6) is 0 Å². The van der Waals surface area contributed by atoms with Gasteiger partial charge in [-0.05, 0) is 18.1 Å². The number of carbonyl (C=O) groups excluding carboxylic acids is 2. The number of amides is 3. The number of imide groups is 1. The summed E-state index contributed by atoms with van der Waals surface area (Å²) in [7, 11) is 0. The van der Waals surface area contributed by atoms with E-state index in [-0.39, 0.29) is 17.8 Å². The highest BCUT2D eigenvalue weighted by Gasteiger charge is 2.33. The van der Waals surface area contributed by atoms with Crippen molar-refractivity contribution in [2.45, 2.75) is 13.0 Å². The Kier molecular flexibility index (Phi) is 5.66. The molecule has 0 radical (unpaired) electrons. The van der Waals surface area contributed by atoms with Crippen LogP contribution in [-0.2, 0) is 11.3 Å². The van der Waals surface area contributed by atoms with Crippen LogP contribution in [0.25, 0.3) is 17.3 Å². The molecule has 1 aliphatic heterocycles. The lowest BCUT2D eigenvalue weighted by atomic mass is 10.1. The molecule has 2 N–H and O–H groups in total. The Labute approximate surface area is 179 Å². The monoisotopic (exact) mass is 414 g/mol. The smallest absolute Gasteiger partial charge is 0.303 e. The molecule has 0 atom stereocenters. The molecule has 1 saturated heterocycles. The zero-order valence-electron chi connectivity index (χ0n) is 16.9. The molecule has 0 bridgehead atoms. The van der Waals surface area contributed by atoms with Crippen LogP contribution < -0.4 is 10.9 Å². The zero-order valence-corrected chi connectivity index (χ0v) is 16.9. The highest BCUT2D eigenvalue weighted by Crippen LogP contribution is 2.23. The minimum absolute atomic E-state index is 0.0780. The molecule has 1 fully saturated rings. The van der Waals surface area contributed by atoms with Gasteiger partial charge in [0.15, 0.2) is 0 Å². The molecule has 0 spiro atoms. The summed E-state index contributed by atoms with van der Waals surface area (Å²) in [6.45, 7) is 4.21. The average Bonchev–Trinajstić information content (AvgIpc) is 3.24. The van der Waals surface area contributed by atoms with Gasteiger partial charge in [0.25, 0.3) is 11.5 Å². The van der Waals surface area contributed by atoms with Crippen molar-refractivity contribution in [3.8, 4) is 11.3 Å². The topological polar surface area (TPSA) is 87.2 Å². The van der Waals surface area contributed by atoms with Crippen LogP contribution in [0, 0.1) is 0 Å². The van der Waals surface area contributed by atoms with Gasteiger partial charge in [-0.1, -0.05) is 66.7 Å². The number of nitrogens with zero attached hydrogens (tertiary/aromatic N) is 2. The molecule has 0 aliphatic carbocycles. The lowest BCUT2D eigenvalue weighted by Crippen LogP contribution is -2.31. The SMILES string of the molecule is C=CCCN1C(=O)N/C(=C\c2c(-c3ccccc3)[nH]n(Cc3ccccc3)c2=O)C1=O. The number of aromatic nitrogens is 2. The fourth-order valence-corrected chi connectivity index (χ4v) is 3.47. The fourth-order valence-electron chi connectivity index (χ4n) is 3.47. The maximum atomic E-state index is 13.2. The average molecular weight is 414 g/mol. The van der Waals surface area contributed by atoms with Crippen molar-refractivity contribution >= 4 is 18.0 Å². The number of hydrogen-bond acceptors (Lipinski definition) is 3. The summed E-state index contributed by atoms with van der Waals surface area (Å²) < 4.78 is 1.50. The van der Waals surface area contributed by atoms with E-state index in [1.165, 1.54) is 10.8 Å². The summed E-state index contributed by atoms with van der Waals surface area (Å²) in [6, 6.07) is 18.5. The molecule has 1 aliphatic rings. The van der Waals surface area contributed by atoms with Gasteiger partial charge in [-0.3, -0.25) is 19.6 Å². The van der Waals surface area contributed by atoms with E-state index in [2.05, 4.69) is 17.0 Å². The number of urea groups is 1. The second-order valence-electron chi connectivity index (χ2n) is 7.17. The van der Waals surface area contributed by atoms with Crippen molar-refractivity contribution in [1.29, 1.82) is 0 Å². The number of H-pyrrole nitrogens is 1. The van der Waals surface area contributed by atoms with E-state index in [1.807, 2.05) is 60.7 Å². The van der Waals surface area contributed by atoms with Gasteiger partial charge in [0, 0.05) is 12.1 Å². The van der Waals surface area contributed by atoms with E-state index in [4.69, 9.17) is 0 Å². The molecule has 3 amide bonds. The van der Waals surface area contributed by atoms with Gasteiger partial charge < -0.3 is 5.32 Å². The van der Waals surface area contributed by atoms with E-state index in [0.717, 1.165) is 16.0 Å². The molecule has 2 aromatic carbocycles. The zero-order chi connectivity index (χ0) is 21.8. The predicted octanol–water partition coefficient (Wildman–Crippen LogP) is 3.36. The fraction of sp³-hybridized carbons (Fsp3) is 0.125. The minimum atomic E-state index is -0.500. The molecular weight excluding hydrogens is 392 g/mol. The van der Waals surface area contributed by atoms with E-state index in [1.54, 1.807) is 6.08 Å². The quantitative estimate of drug-likeness (QED) is 0.353. The van der Waals surface area contributed by atoms with Gasteiger partial charge in [-0.25, -0.2) is 9.48 Å². The predicted molar refractivity (Wildman–Crippen MR) is 119 cm³/mol. The molecule has 0 saturated carbocycles.